The summed E-state index contributed by atoms with van der Waals surface area (Å²) in [5, 5.41) is 0. The zero-order valence-corrected chi connectivity index (χ0v) is 11.8. The molecule has 5 heteroatoms. The molecule has 0 saturated heterocycles. The number of benzene rings is 1. The summed E-state index contributed by atoms with van der Waals surface area (Å²) >= 11 is 0. The van der Waals surface area contributed by atoms with Gasteiger partial charge in [-0.25, -0.2) is 4.98 Å². The summed E-state index contributed by atoms with van der Waals surface area (Å²) in [5.74, 6) is 1.68. The minimum atomic E-state index is 0.286. The molecule has 1 aromatic carbocycles. The van der Waals surface area contributed by atoms with Crippen LogP contribution in [0.4, 0.5) is 0 Å². The first kappa shape index (κ1) is 13.0. The van der Waals surface area contributed by atoms with Gasteiger partial charge in [0.15, 0.2) is 11.5 Å². The molecule has 1 aromatic heterocycles. The van der Waals surface area contributed by atoms with Gasteiger partial charge in [-0.15, -0.1) is 0 Å². The Hall–Kier alpha value is -2.01. The van der Waals surface area contributed by atoms with Crippen molar-refractivity contribution in [3.63, 3.8) is 0 Å². The maximum atomic E-state index is 5.64. The van der Waals surface area contributed by atoms with Crippen LogP contribution in [0.25, 0.3) is 0 Å². The summed E-state index contributed by atoms with van der Waals surface area (Å²) in [4.78, 5) is 9.44. The molecule has 3 rings (SSSR count). The third-order valence-corrected chi connectivity index (χ3v) is 3.68. The molecule has 1 N–H and O–H groups in total. The molecule has 1 atom stereocenters. The van der Waals surface area contributed by atoms with Crippen molar-refractivity contribution in [1.82, 2.24) is 14.9 Å². The average molecular weight is 273 g/mol. The van der Waals surface area contributed by atoms with Crippen LogP contribution in [0.3, 0.4) is 0 Å². The average Bonchev–Trinajstić information content (AvgIpc) is 2.99. The maximum absolute atomic E-state index is 5.64. The minimum absolute atomic E-state index is 0.286. The van der Waals surface area contributed by atoms with Crippen molar-refractivity contribution in [2.75, 3.05) is 20.3 Å². The summed E-state index contributed by atoms with van der Waals surface area (Å²) in [6.07, 6.45) is 3.56. The zero-order chi connectivity index (χ0) is 13.9. The van der Waals surface area contributed by atoms with Gasteiger partial charge in [0.2, 0.25) is 0 Å². The number of nitrogens with zero attached hydrogens (tertiary/aromatic N) is 2. The highest BCUT2D eigenvalue weighted by molar-refractivity contribution is 5.44. The number of rotatable bonds is 4. The first-order chi connectivity index (χ1) is 9.74. The first-order valence-electron chi connectivity index (χ1n) is 6.81. The van der Waals surface area contributed by atoms with Crippen LogP contribution >= 0.6 is 0 Å². The molecule has 1 aliphatic heterocycles. The van der Waals surface area contributed by atoms with Crippen molar-refractivity contribution in [3.8, 4) is 11.5 Å². The Kier molecular flexibility index (Phi) is 3.60. The number of ether oxygens (including phenoxy) is 2. The highest BCUT2D eigenvalue weighted by Crippen LogP contribution is 2.33. The van der Waals surface area contributed by atoms with E-state index in [2.05, 4.69) is 41.0 Å². The number of hydrogen-bond donors (Lipinski definition) is 1. The lowest BCUT2D eigenvalue weighted by atomic mass is 10.1. The van der Waals surface area contributed by atoms with Gasteiger partial charge in [-0.05, 0) is 31.7 Å². The first-order valence-corrected chi connectivity index (χ1v) is 6.81. The predicted octanol–water partition coefficient (Wildman–Crippen LogP) is 2.37. The van der Waals surface area contributed by atoms with Gasteiger partial charge in [0.25, 0.3) is 0 Å². The van der Waals surface area contributed by atoms with E-state index < -0.39 is 0 Å². The number of aromatic amines is 1. The van der Waals surface area contributed by atoms with E-state index in [0.29, 0.717) is 13.2 Å². The maximum Gasteiger partial charge on any atom is 0.161 e. The molecule has 0 spiro atoms. The summed E-state index contributed by atoms with van der Waals surface area (Å²) < 4.78 is 11.2. The fourth-order valence-electron chi connectivity index (χ4n) is 2.35. The lowest BCUT2D eigenvalue weighted by Crippen LogP contribution is -2.22. The lowest BCUT2D eigenvalue weighted by Gasteiger charge is -2.26. The molecule has 1 aliphatic rings. The Morgan fingerprint density at radius 1 is 1.30 bits per heavy atom. The number of hydrogen-bond acceptors (Lipinski definition) is 4. The summed E-state index contributed by atoms with van der Waals surface area (Å²) in [7, 11) is 2.10. The molecule has 5 nitrogen and oxygen atoms in total. The predicted molar refractivity (Wildman–Crippen MR) is 75.9 cm³/mol. The van der Waals surface area contributed by atoms with Gasteiger partial charge < -0.3 is 14.5 Å². The van der Waals surface area contributed by atoms with Crippen LogP contribution in [0.5, 0.6) is 11.5 Å². The quantitative estimate of drug-likeness (QED) is 0.929. The number of fused-ring (bicyclic) bond motifs is 1. The van der Waals surface area contributed by atoms with Crippen LogP contribution in [-0.2, 0) is 6.54 Å². The largest absolute Gasteiger partial charge is 0.486 e. The van der Waals surface area contributed by atoms with Crippen LogP contribution in [0.15, 0.2) is 30.7 Å². The van der Waals surface area contributed by atoms with Crippen LogP contribution in [0, 0.1) is 0 Å². The third-order valence-electron chi connectivity index (χ3n) is 3.68. The third kappa shape index (κ3) is 2.63. The van der Waals surface area contributed by atoms with Crippen molar-refractivity contribution < 1.29 is 9.47 Å². The zero-order valence-electron chi connectivity index (χ0n) is 11.8. The van der Waals surface area contributed by atoms with Crippen LogP contribution in [0.1, 0.15) is 24.2 Å². The molecule has 0 radical (unpaired) electrons. The van der Waals surface area contributed by atoms with Gasteiger partial charge in [-0.3, -0.25) is 4.90 Å². The molecule has 0 aliphatic carbocycles. The van der Waals surface area contributed by atoms with E-state index in [4.69, 9.17) is 9.47 Å². The Balaban J connectivity index is 1.74. The Morgan fingerprint density at radius 3 is 2.85 bits per heavy atom. The van der Waals surface area contributed by atoms with E-state index in [1.54, 1.807) is 6.33 Å². The van der Waals surface area contributed by atoms with E-state index in [0.717, 1.165) is 23.7 Å². The van der Waals surface area contributed by atoms with Gasteiger partial charge in [-0.2, -0.15) is 0 Å². The van der Waals surface area contributed by atoms with Gasteiger partial charge in [0, 0.05) is 24.5 Å². The standard InChI is InChI=1S/C15H19N3O2/c1-11(18(2)9-13-8-16-10-17-13)12-3-4-14-15(7-12)20-6-5-19-14/h3-4,7-8,10-11H,5-6,9H2,1-2H3,(H,16,17)/t11-/m1/s1. The van der Waals surface area contributed by atoms with Crippen LogP contribution in [0.2, 0.25) is 0 Å². The van der Waals surface area contributed by atoms with Gasteiger partial charge in [0.1, 0.15) is 13.2 Å². The summed E-state index contributed by atoms with van der Waals surface area (Å²) in [6, 6.07) is 6.45. The monoisotopic (exact) mass is 273 g/mol. The van der Waals surface area contributed by atoms with Crippen LogP contribution in [-0.4, -0.2) is 35.1 Å². The lowest BCUT2D eigenvalue weighted by molar-refractivity contribution is 0.170. The minimum Gasteiger partial charge on any atom is -0.486 e. The van der Waals surface area contributed by atoms with Crippen molar-refractivity contribution in [2.45, 2.75) is 19.5 Å². The number of imidazole rings is 1. The Labute approximate surface area is 118 Å². The van der Waals surface area contributed by atoms with Crippen molar-refractivity contribution in [3.05, 3.63) is 42.0 Å². The number of nitrogens with one attached hydrogen (secondary N) is 1. The molecule has 0 unspecified atom stereocenters. The van der Waals surface area contributed by atoms with Crippen molar-refractivity contribution in [1.29, 1.82) is 0 Å². The van der Waals surface area contributed by atoms with Crippen LogP contribution < -0.4 is 9.47 Å². The second-order valence-electron chi connectivity index (χ2n) is 5.07. The molecule has 0 amide bonds. The molecular formula is C15H19N3O2. The van der Waals surface area contributed by atoms with E-state index in [1.165, 1.54) is 5.56 Å². The Bertz CT molecular complexity index is 569. The Morgan fingerprint density at radius 2 is 2.10 bits per heavy atom. The van der Waals surface area contributed by atoms with Crippen molar-refractivity contribution in [2.24, 2.45) is 0 Å². The summed E-state index contributed by atoms with van der Waals surface area (Å²) in [6.45, 7) is 4.26. The highest BCUT2D eigenvalue weighted by atomic mass is 16.6. The van der Waals surface area contributed by atoms with Gasteiger partial charge >= 0.3 is 0 Å². The fraction of sp³-hybridized carbons (Fsp3) is 0.400. The fourth-order valence-corrected chi connectivity index (χ4v) is 2.35. The second-order valence-corrected chi connectivity index (χ2v) is 5.07. The van der Waals surface area contributed by atoms with Crippen molar-refractivity contribution >= 4 is 0 Å². The molecule has 0 fully saturated rings. The summed E-state index contributed by atoms with van der Waals surface area (Å²) in [5.41, 5.74) is 2.33. The molecule has 20 heavy (non-hydrogen) atoms. The van der Waals surface area contributed by atoms with E-state index >= 15 is 0 Å². The SMILES string of the molecule is C[C@H](c1ccc2c(c1)OCCO2)N(C)Cc1cnc[nH]1. The van der Waals surface area contributed by atoms with E-state index in [-0.39, 0.29) is 6.04 Å². The normalized spacial score (nSPS) is 15.3. The van der Waals surface area contributed by atoms with Gasteiger partial charge in [0.05, 0.1) is 6.33 Å². The highest BCUT2D eigenvalue weighted by Gasteiger charge is 2.17. The smallest absolute Gasteiger partial charge is 0.161 e. The van der Waals surface area contributed by atoms with E-state index in [1.807, 2.05) is 12.3 Å². The molecule has 106 valence electrons. The van der Waals surface area contributed by atoms with Gasteiger partial charge in [-0.1, -0.05) is 6.07 Å². The molecule has 2 heterocycles. The number of aromatic nitrogens is 2. The molecule has 2 aromatic rings. The second kappa shape index (κ2) is 5.54. The topological polar surface area (TPSA) is 50.4 Å². The number of H-pyrrole nitrogens is 1. The molecule has 0 saturated carbocycles. The molecular weight excluding hydrogens is 254 g/mol. The van der Waals surface area contributed by atoms with E-state index in [9.17, 15) is 0 Å². The molecule has 0 bridgehead atoms.